The SMILES string of the molecule is CCOc1ccc([C@@H]2Nn3c(C)nnc3S[C@H]2C(=O)Nc2ccc(C)cc2C)cc1. The van der Waals surface area contributed by atoms with Crippen LogP contribution < -0.4 is 15.5 Å². The third-order valence-electron chi connectivity index (χ3n) is 5.05. The summed E-state index contributed by atoms with van der Waals surface area (Å²) in [7, 11) is 0. The van der Waals surface area contributed by atoms with Crippen molar-refractivity contribution in [2.75, 3.05) is 17.3 Å². The summed E-state index contributed by atoms with van der Waals surface area (Å²) < 4.78 is 7.40. The summed E-state index contributed by atoms with van der Waals surface area (Å²) in [6.07, 6.45) is 0. The number of aryl methyl sites for hydroxylation is 3. The van der Waals surface area contributed by atoms with E-state index in [1.165, 1.54) is 11.8 Å². The van der Waals surface area contributed by atoms with Crippen LogP contribution in [0.3, 0.4) is 0 Å². The molecule has 2 atom stereocenters. The molecular formula is C22H25N5O2S. The number of anilines is 1. The first-order valence-corrected chi connectivity index (χ1v) is 10.8. The molecule has 8 heteroatoms. The minimum Gasteiger partial charge on any atom is -0.494 e. The van der Waals surface area contributed by atoms with Crippen molar-refractivity contribution in [1.29, 1.82) is 0 Å². The zero-order valence-corrected chi connectivity index (χ0v) is 18.3. The predicted molar refractivity (Wildman–Crippen MR) is 119 cm³/mol. The van der Waals surface area contributed by atoms with E-state index in [2.05, 4.69) is 27.0 Å². The average molecular weight is 424 g/mol. The lowest BCUT2D eigenvalue weighted by molar-refractivity contribution is -0.116. The first kappa shape index (κ1) is 20.3. The molecule has 0 unspecified atom stereocenters. The maximum atomic E-state index is 13.3. The molecule has 1 aliphatic rings. The number of carbonyl (C=O) groups is 1. The fourth-order valence-corrected chi connectivity index (χ4v) is 4.63. The first-order chi connectivity index (χ1) is 14.5. The molecule has 156 valence electrons. The summed E-state index contributed by atoms with van der Waals surface area (Å²) in [5.41, 5.74) is 7.43. The third kappa shape index (κ3) is 4.00. The number of thioether (sulfide) groups is 1. The highest BCUT2D eigenvalue weighted by Crippen LogP contribution is 2.38. The Kier molecular flexibility index (Phi) is 5.67. The summed E-state index contributed by atoms with van der Waals surface area (Å²) in [5.74, 6) is 1.48. The van der Waals surface area contributed by atoms with Gasteiger partial charge in [-0.1, -0.05) is 41.6 Å². The Hall–Kier alpha value is -3.00. The molecule has 0 spiro atoms. The maximum absolute atomic E-state index is 13.3. The highest BCUT2D eigenvalue weighted by atomic mass is 32.2. The largest absolute Gasteiger partial charge is 0.494 e. The van der Waals surface area contributed by atoms with Crippen LogP contribution in [0.1, 0.15) is 35.5 Å². The molecule has 3 aromatic rings. The first-order valence-electron chi connectivity index (χ1n) is 9.92. The second kappa shape index (κ2) is 8.39. The van der Waals surface area contributed by atoms with Crippen molar-refractivity contribution in [2.45, 2.75) is 44.1 Å². The average Bonchev–Trinajstić information content (AvgIpc) is 3.10. The van der Waals surface area contributed by atoms with Crippen LogP contribution in [0.25, 0.3) is 0 Å². The number of fused-ring (bicyclic) bond motifs is 1. The monoisotopic (exact) mass is 423 g/mol. The molecule has 2 aromatic carbocycles. The van der Waals surface area contributed by atoms with Crippen LogP contribution in [-0.4, -0.2) is 32.6 Å². The molecule has 0 aliphatic carbocycles. The lowest BCUT2D eigenvalue weighted by Gasteiger charge is -2.33. The number of benzene rings is 2. The van der Waals surface area contributed by atoms with Crippen molar-refractivity contribution in [1.82, 2.24) is 14.9 Å². The van der Waals surface area contributed by atoms with Crippen molar-refractivity contribution in [3.05, 3.63) is 65.0 Å². The van der Waals surface area contributed by atoms with E-state index in [-0.39, 0.29) is 11.9 Å². The van der Waals surface area contributed by atoms with Crippen LogP contribution in [0, 0.1) is 20.8 Å². The summed E-state index contributed by atoms with van der Waals surface area (Å²) in [6, 6.07) is 13.6. The van der Waals surface area contributed by atoms with E-state index in [0.29, 0.717) is 11.8 Å². The molecule has 1 amide bonds. The van der Waals surface area contributed by atoms with Crippen LogP contribution in [-0.2, 0) is 4.79 Å². The topological polar surface area (TPSA) is 81.1 Å². The van der Waals surface area contributed by atoms with Crippen LogP contribution in [0.4, 0.5) is 5.69 Å². The van der Waals surface area contributed by atoms with E-state index in [1.54, 1.807) is 0 Å². The lowest BCUT2D eigenvalue weighted by Crippen LogP contribution is -2.41. The van der Waals surface area contributed by atoms with Gasteiger partial charge in [-0.2, -0.15) is 0 Å². The van der Waals surface area contributed by atoms with Crippen molar-refractivity contribution in [3.63, 3.8) is 0 Å². The van der Waals surface area contributed by atoms with Gasteiger partial charge in [0.25, 0.3) is 0 Å². The zero-order chi connectivity index (χ0) is 21.3. The van der Waals surface area contributed by atoms with Gasteiger partial charge in [-0.3, -0.25) is 4.79 Å². The number of rotatable bonds is 5. The number of hydrogen-bond acceptors (Lipinski definition) is 6. The lowest BCUT2D eigenvalue weighted by atomic mass is 10.0. The van der Waals surface area contributed by atoms with E-state index in [4.69, 9.17) is 4.74 Å². The number of ether oxygens (including phenoxy) is 1. The number of nitrogens with zero attached hydrogens (tertiary/aromatic N) is 3. The van der Waals surface area contributed by atoms with Crippen molar-refractivity contribution in [2.24, 2.45) is 0 Å². The van der Waals surface area contributed by atoms with Gasteiger partial charge in [0.15, 0.2) is 0 Å². The normalized spacial score (nSPS) is 17.7. The highest BCUT2D eigenvalue weighted by Gasteiger charge is 2.37. The third-order valence-corrected chi connectivity index (χ3v) is 6.26. The minimum atomic E-state index is -0.417. The summed E-state index contributed by atoms with van der Waals surface area (Å²) >= 11 is 1.42. The number of amides is 1. The van der Waals surface area contributed by atoms with Gasteiger partial charge in [-0.05, 0) is 57.0 Å². The van der Waals surface area contributed by atoms with Gasteiger partial charge in [0.2, 0.25) is 11.1 Å². The van der Waals surface area contributed by atoms with Crippen molar-refractivity contribution < 1.29 is 9.53 Å². The number of aromatic nitrogens is 3. The molecule has 1 aromatic heterocycles. The Bertz CT molecular complexity index is 1060. The molecule has 0 saturated carbocycles. The van der Waals surface area contributed by atoms with Gasteiger partial charge in [-0.15, -0.1) is 10.2 Å². The van der Waals surface area contributed by atoms with Crippen LogP contribution in [0.5, 0.6) is 5.75 Å². The van der Waals surface area contributed by atoms with E-state index in [1.807, 2.05) is 68.8 Å². The number of carbonyl (C=O) groups excluding carboxylic acids is 1. The van der Waals surface area contributed by atoms with Gasteiger partial charge >= 0.3 is 0 Å². The molecule has 2 heterocycles. The van der Waals surface area contributed by atoms with Crippen LogP contribution in [0.15, 0.2) is 47.6 Å². The van der Waals surface area contributed by atoms with Gasteiger partial charge in [0.05, 0.1) is 12.6 Å². The van der Waals surface area contributed by atoms with Gasteiger partial charge in [-0.25, -0.2) is 4.68 Å². The van der Waals surface area contributed by atoms with E-state index in [9.17, 15) is 4.79 Å². The van der Waals surface area contributed by atoms with Gasteiger partial charge in [0, 0.05) is 5.69 Å². The Labute approximate surface area is 180 Å². The van der Waals surface area contributed by atoms with Crippen molar-refractivity contribution in [3.8, 4) is 5.75 Å². The summed E-state index contributed by atoms with van der Waals surface area (Å²) in [6.45, 7) is 8.49. The molecule has 7 nitrogen and oxygen atoms in total. The minimum absolute atomic E-state index is 0.0785. The Balaban J connectivity index is 1.64. The second-order valence-corrected chi connectivity index (χ2v) is 8.43. The molecular weight excluding hydrogens is 398 g/mol. The molecule has 0 radical (unpaired) electrons. The Morgan fingerprint density at radius 2 is 1.93 bits per heavy atom. The summed E-state index contributed by atoms with van der Waals surface area (Å²) in [4.78, 5) is 13.3. The van der Waals surface area contributed by atoms with Crippen molar-refractivity contribution >= 4 is 23.4 Å². The Morgan fingerprint density at radius 3 is 2.63 bits per heavy atom. The quantitative estimate of drug-likeness (QED) is 0.646. The molecule has 4 rings (SSSR count). The van der Waals surface area contributed by atoms with Gasteiger partial charge in [0.1, 0.15) is 16.8 Å². The van der Waals surface area contributed by atoms with Crippen LogP contribution >= 0.6 is 11.8 Å². The molecule has 30 heavy (non-hydrogen) atoms. The zero-order valence-electron chi connectivity index (χ0n) is 17.5. The Morgan fingerprint density at radius 1 is 1.17 bits per heavy atom. The van der Waals surface area contributed by atoms with E-state index in [0.717, 1.165) is 34.0 Å². The fourth-order valence-electron chi connectivity index (χ4n) is 3.51. The maximum Gasteiger partial charge on any atom is 0.240 e. The second-order valence-electron chi connectivity index (χ2n) is 7.32. The van der Waals surface area contributed by atoms with E-state index < -0.39 is 5.25 Å². The predicted octanol–water partition coefficient (Wildman–Crippen LogP) is 4.00. The molecule has 1 aliphatic heterocycles. The smallest absolute Gasteiger partial charge is 0.240 e. The van der Waals surface area contributed by atoms with E-state index >= 15 is 0 Å². The highest BCUT2D eigenvalue weighted by molar-refractivity contribution is 8.00. The number of hydrogen-bond donors (Lipinski definition) is 2. The molecule has 2 N–H and O–H groups in total. The fraction of sp³-hybridized carbons (Fsp3) is 0.318. The molecule has 0 fully saturated rings. The number of nitrogens with one attached hydrogen (secondary N) is 2. The van der Waals surface area contributed by atoms with Crippen LogP contribution in [0.2, 0.25) is 0 Å². The summed E-state index contributed by atoms with van der Waals surface area (Å²) in [5, 5.41) is 11.7. The molecule has 0 saturated heterocycles. The standard InChI is InChI=1S/C22H25N5O2S/c1-5-29-17-9-7-16(8-10-17)19-20(30-22-25-24-15(4)27(22)26-19)21(28)23-18-11-6-13(2)12-14(18)3/h6-12,19-20,26H,5H2,1-4H3,(H,23,28)/t19-,20+/m0/s1. The molecule has 0 bridgehead atoms. The van der Waals surface area contributed by atoms with Gasteiger partial charge < -0.3 is 15.5 Å².